The molecule has 2 aromatic heterocycles. The fourth-order valence-corrected chi connectivity index (χ4v) is 7.37. The Morgan fingerprint density at radius 2 is 1.21 bits per heavy atom. The van der Waals surface area contributed by atoms with Gasteiger partial charge < -0.3 is 19.8 Å². The average molecular weight is 743 g/mol. The molecular weight excluding hydrogens is 681 g/mol. The lowest BCUT2D eigenvalue weighted by Crippen LogP contribution is -2.33. The molecule has 56 heavy (non-hydrogen) atoms. The van der Waals surface area contributed by atoms with Gasteiger partial charge in [-0.05, 0) is 148 Å². The van der Waals surface area contributed by atoms with Gasteiger partial charge in [0.25, 0.3) is 0 Å². The molecule has 4 nitrogen and oxygen atoms in total. The van der Waals surface area contributed by atoms with Gasteiger partial charge in [-0.15, -0.1) is 0 Å². The molecule has 0 spiro atoms. The third-order valence-corrected chi connectivity index (χ3v) is 10.3. The van der Waals surface area contributed by atoms with Crippen LogP contribution in [0.15, 0.2) is 152 Å². The zero-order valence-corrected chi connectivity index (χ0v) is 35.0. The summed E-state index contributed by atoms with van der Waals surface area (Å²) in [6.07, 6.45) is 18.6. The highest BCUT2D eigenvalue weighted by Gasteiger charge is 2.19. The molecule has 2 N–H and O–H groups in total. The molecule has 0 aliphatic carbocycles. The third-order valence-electron chi connectivity index (χ3n) is 10.3. The molecule has 0 aliphatic heterocycles. The monoisotopic (exact) mass is 742 g/mol. The van der Waals surface area contributed by atoms with E-state index in [0.717, 1.165) is 76.8 Å². The van der Waals surface area contributed by atoms with Crippen LogP contribution in [0.1, 0.15) is 80.9 Å². The Hall–Kier alpha value is -5.74. The molecule has 0 saturated heterocycles. The molecule has 4 heteroatoms. The lowest BCUT2D eigenvalue weighted by atomic mass is 10.0. The lowest BCUT2D eigenvalue weighted by molar-refractivity contribution is 0.619. The van der Waals surface area contributed by atoms with E-state index in [1.165, 1.54) is 27.9 Å². The number of anilines is 3. The predicted molar refractivity (Wildman–Crippen MR) is 246 cm³/mol. The fourth-order valence-electron chi connectivity index (χ4n) is 7.37. The second-order valence-corrected chi connectivity index (χ2v) is 15.3. The SMILES string of the molecule is C=C(C=CCN(c1ccccc1)c1ccc(-c2ccc(N(C(=C)C=CC(=CC)c3[nH]c(C)cc3C)C(CC)CC=CCC(C)C)cc2)cc1)c1[nH]c(C)cc1C. The number of para-hydroxylation sites is 1. The summed E-state index contributed by atoms with van der Waals surface area (Å²) in [4.78, 5) is 11.7. The summed E-state index contributed by atoms with van der Waals surface area (Å²) in [5, 5.41) is 0. The van der Waals surface area contributed by atoms with Crippen LogP contribution in [-0.4, -0.2) is 22.6 Å². The van der Waals surface area contributed by atoms with Gasteiger partial charge in [-0.25, -0.2) is 0 Å². The Balaban J connectivity index is 1.38. The van der Waals surface area contributed by atoms with E-state index < -0.39 is 0 Å². The normalized spacial score (nSPS) is 12.7. The summed E-state index contributed by atoms with van der Waals surface area (Å²) < 4.78 is 0. The highest BCUT2D eigenvalue weighted by molar-refractivity contribution is 5.76. The van der Waals surface area contributed by atoms with Crippen LogP contribution in [0, 0.1) is 33.6 Å². The number of hydrogen-bond acceptors (Lipinski definition) is 2. The van der Waals surface area contributed by atoms with E-state index in [1.54, 1.807) is 0 Å². The van der Waals surface area contributed by atoms with Crippen molar-refractivity contribution in [3.05, 3.63) is 186 Å². The first-order valence-corrected chi connectivity index (χ1v) is 20.2. The molecule has 290 valence electrons. The summed E-state index contributed by atoms with van der Waals surface area (Å²) in [6.45, 7) is 27.0. The number of allylic oxidation sites excluding steroid dienone is 7. The molecule has 0 saturated carbocycles. The van der Waals surface area contributed by atoms with Crippen LogP contribution in [0.5, 0.6) is 0 Å². The molecular formula is C52H62N4. The van der Waals surface area contributed by atoms with E-state index >= 15 is 0 Å². The molecule has 0 radical (unpaired) electrons. The number of aromatic amines is 2. The summed E-state index contributed by atoms with van der Waals surface area (Å²) in [7, 11) is 0. The second kappa shape index (κ2) is 19.7. The number of rotatable bonds is 18. The second-order valence-electron chi connectivity index (χ2n) is 15.3. The highest BCUT2D eigenvalue weighted by Crippen LogP contribution is 2.32. The molecule has 0 fully saturated rings. The zero-order chi connectivity index (χ0) is 40.2. The fraction of sp³-hybridized carbons (Fsp3) is 0.269. The molecule has 2 heterocycles. The van der Waals surface area contributed by atoms with E-state index in [1.807, 2.05) is 0 Å². The standard InChI is InChI=1S/C52H62N4/c1-11-44(52-40(7)36-42(9)54-52)25-24-43(10)56(47(12-2)21-17-16-19-37(3)4)50-32-28-46(29-33-50)45-26-30-49(31-27-45)55(48-22-14-13-15-23-48)34-18-20-38(5)51-39(6)35-41(8)53-51/h11,13-18,20,22-33,35-37,47,53-54H,5,10,12,19,21,34H2,1-4,6-9H3. The van der Waals surface area contributed by atoms with Gasteiger partial charge in [0.2, 0.25) is 0 Å². The molecule has 0 amide bonds. The first kappa shape index (κ1) is 41.4. The van der Waals surface area contributed by atoms with Gasteiger partial charge in [-0.2, -0.15) is 0 Å². The van der Waals surface area contributed by atoms with E-state index in [2.05, 4.69) is 222 Å². The minimum Gasteiger partial charge on any atom is -0.358 e. The Kier molecular flexibility index (Phi) is 14.6. The van der Waals surface area contributed by atoms with Crippen molar-refractivity contribution < 1.29 is 0 Å². The van der Waals surface area contributed by atoms with Crippen molar-refractivity contribution in [1.29, 1.82) is 0 Å². The van der Waals surface area contributed by atoms with Crippen LogP contribution in [-0.2, 0) is 0 Å². The Bertz CT molecular complexity index is 2170. The maximum atomic E-state index is 4.63. The van der Waals surface area contributed by atoms with Crippen molar-refractivity contribution in [1.82, 2.24) is 9.97 Å². The highest BCUT2D eigenvalue weighted by atomic mass is 15.2. The molecule has 0 aliphatic rings. The minimum absolute atomic E-state index is 0.273. The maximum absolute atomic E-state index is 4.63. The number of benzene rings is 3. The average Bonchev–Trinajstić information content (AvgIpc) is 3.72. The lowest BCUT2D eigenvalue weighted by Gasteiger charge is -2.33. The van der Waals surface area contributed by atoms with E-state index in [-0.39, 0.29) is 6.04 Å². The van der Waals surface area contributed by atoms with E-state index in [9.17, 15) is 0 Å². The maximum Gasteiger partial charge on any atom is 0.0482 e. The molecule has 3 aromatic carbocycles. The van der Waals surface area contributed by atoms with Crippen LogP contribution in [0.25, 0.3) is 22.3 Å². The molecule has 1 unspecified atom stereocenters. The molecule has 1 atom stereocenters. The molecule has 5 rings (SSSR count). The summed E-state index contributed by atoms with van der Waals surface area (Å²) in [6, 6.07) is 33.1. The summed E-state index contributed by atoms with van der Waals surface area (Å²) >= 11 is 0. The summed E-state index contributed by atoms with van der Waals surface area (Å²) in [5.74, 6) is 0.647. The van der Waals surface area contributed by atoms with Crippen molar-refractivity contribution >= 4 is 28.2 Å². The third kappa shape index (κ3) is 10.7. The molecule has 5 aromatic rings. The number of aryl methyl sites for hydroxylation is 4. The van der Waals surface area contributed by atoms with Crippen molar-refractivity contribution in [2.75, 3.05) is 16.3 Å². The van der Waals surface area contributed by atoms with Gasteiger partial charge in [-0.3, -0.25) is 0 Å². The Morgan fingerprint density at radius 3 is 1.75 bits per heavy atom. The predicted octanol–water partition coefficient (Wildman–Crippen LogP) is 14.4. The van der Waals surface area contributed by atoms with Crippen molar-refractivity contribution in [3.8, 4) is 11.1 Å². The number of H-pyrrole nitrogens is 2. The van der Waals surface area contributed by atoms with Crippen molar-refractivity contribution in [2.45, 2.75) is 80.7 Å². The van der Waals surface area contributed by atoms with Crippen LogP contribution in [0.3, 0.4) is 0 Å². The van der Waals surface area contributed by atoms with Gasteiger partial charge in [0.05, 0.1) is 0 Å². The van der Waals surface area contributed by atoms with Gasteiger partial charge in [0, 0.05) is 58.1 Å². The van der Waals surface area contributed by atoms with E-state index in [4.69, 9.17) is 0 Å². The van der Waals surface area contributed by atoms with Gasteiger partial charge >= 0.3 is 0 Å². The zero-order valence-electron chi connectivity index (χ0n) is 35.0. The van der Waals surface area contributed by atoms with Crippen LogP contribution >= 0.6 is 0 Å². The Morgan fingerprint density at radius 1 is 0.661 bits per heavy atom. The smallest absolute Gasteiger partial charge is 0.0482 e. The van der Waals surface area contributed by atoms with E-state index in [0.29, 0.717) is 5.92 Å². The Labute approximate surface area is 337 Å². The largest absolute Gasteiger partial charge is 0.358 e. The van der Waals surface area contributed by atoms with Crippen molar-refractivity contribution in [3.63, 3.8) is 0 Å². The van der Waals surface area contributed by atoms with Gasteiger partial charge in [0.1, 0.15) is 0 Å². The number of aromatic nitrogens is 2. The first-order valence-electron chi connectivity index (χ1n) is 20.2. The topological polar surface area (TPSA) is 38.1 Å². The van der Waals surface area contributed by atoms with Crippen LogP contribution in [0.2, 0.25) is 0 Å². The minimum atomic E-state index is 0.273. The summed E-state index contributed by atoms with van der Waals surface area (Å²) in [5.41, 5.74) is 15.9. The molecule has 0 bridgehead atoms. The van der Waals surface area contributed by atoms with Gasteiger partial charge in [0.15, 0.2) is 0 Å². The van der Waals surface area contributed by atoms with Crippen LogP contribution in [0.4, 0.5) is 17.1 Å². The number of nitrogens with zero attached hydrogens (tertiary/aromatic N) is 2. The first-order chi connectivity index (χ1) is 27.0. The van der Waals surface area contributed by atoms with Crippen molar-refractivity contribution in [2.24, 2.45) is 5.92 Å². The number of hydrogen-bond donors (Lipinski definition) is 2. The van der Waals surface area contributed by atoms with Gasteiger partial charge in [-0.1, -0.05) is 113 Å². The number of nitrogens with one attached hydrogen (secondary N) is 2. The quantitative estimate of drug-likeness (QED) is 0.0693. The van der Waals surface area contributed by atoms with Crippen LogP contribution < -0.4 is 9.80 Å².